The van der Waals surface area contributed by atoms with E-state index in [1.54, 1.807) is 24.3 Å². The van der Waals surface area contributed by atoms with Gasteiger partial charge in [0.05, 0.1) is 0 Å². The Labute approximate surface area is 254 Å². The van der Waals surface area contributed by atoms with Crippen LogP contribution in [0.5, 0.6) is 0 Å². The second-order valence-electron chi connectivity index (χ2n) is 12.8. The molecule has 0 saturated heterocycles. The molecule has 0 aliphatic rings. The molecule has 0 fully saturated rings. The molecule has 43 heavy (non-hydrogen) atoms. The number of esters is 1. The molecule has 0 spiro atoms. The van der Waals surface area contributed by atoms with E-state index in [1.165, 1.54) is 24.3 Å². The van der Waals surface area contributed by atoms with Crippen LogP contribution in [0.2, 0.25) is 0 Å². The molecule has 0 aliphatic heterocycles. The van der Waals surface area contributed by atoms with E-state index >= 15 is 0 Å². The minimum absolute atomic E-state index is 0.0212. The molecule has 0 bridgehead atoms. The molecule has 0 heterocycles. The fourth-order valence-corrected chi connectivity index (χ4v) is 4.62. The van der Waals surface area contributed by atoms with Gasteiger partial charge < -0.3 is 20.1 Å². The fraction of sp³-hybridized carbons (Fsp3) is 0.429. The number of halogens is 2. The molecule has 3 rings (SSSR count). The Morgan fingerprint density at radius 1 is 0.744 bits per heavy atom. The van der Waals surface area contributed by atoms with Crippen molar-refractivity contribution in [2.75, 3.05) is 13.1 Å². The first kappa shape index (κ1) is 33.7. The van der Waals surface area contributed by atoms with Gasteiger partial charge in [0.25, 0.3) is 0 Å². The van der Waals surface area contributed by atoms with E-state index in [0.29, 0.717) is 32.5 Å². The first-order valence-corrected chi connectivity index (χ1v) is 14.7. The van der Waals surface area contributed by atoms with Gasteiger partial charge in [0.2, 0.25) is 0 Å². The lowest BCUT2D eigenvalue weighted by Gasteiger charge is -2.23. The van der Waals surface area contributed by atoms with Crippen LogP contribution in [-0.2, 0) is 20.8 Å². The highest BCUT2D eigenvalue weighted by molar-refractivity contribution is 5.74. The van der Waals surface area contributed by atoms with Crippen LogP contribution < -0.4 is 10.6 Å². The normalized spacial score (nSPS) is 12.5. The summed E-state index contributed by atoms with van der Waals surface area (Å²) in [5.41, 5.74) is 3.40. The fourth-order valence-electron chi connectivity index (χ4n) is 4.62. The molecule has 3 aromatic carbocycles. The second-order valence-corrected chi connectivity index (χ2v) is 12.8. The molecule has 0 saturated carbocycles. The largest absolute Gasteiger partial charge is 0.460 e. The van der Waals surface area contributed by atoms with Gasteiger partial charge in [-0.3, -0.25) is 4.79 Å². The van der Waals surface area contributed by atoms with Crippen LogP contribution in [0, 0.1) is 17.6 Å². The summed E-state index contributed by atoms with van der Waals surface area (Å²) < 4.78 is 38.1. The van der Waals surface area contributed by atoms with Gasteiger partial charge in [0.1, 0.15) is 22.8 Å². The summed E-state index contributed by atoms with van der Waals surface area (Å²) in [6.45, 7) is 12.5. The van der Waals surface area contributed by atoms with Gasteiger partial charge >= 0.3 is 12.1 Å². The molecule has 0 aromatic heterocycles. The number of carbonyl (C=O) groups excluding carboxylic acids is 2. The standard InChI is InChI=1S/C35H44F2N2O4/c1-34(2,3)42-32(40)20-24(8-7-17-39-33(41)43-35(4,5)6)22-38-23-25-18-28(26-9-13-30(36)14-10-26)21-29(19-25)27-11-15-31(37)16-12-27/h9-16,18-19,21,24,38H,7-8,17,20,22-23H2,1-6H3,(H,39,41)/t24-/m1/s1. The van der Waals surface area contributed by atoms with Crippen molar-refractivity contribution >= 4 is 12.1 Å². The van der Waals surface area contributed by atoms with E-state index in [4.69, 9.17) is 9.47 Å². The van der Waals surface area contributed by atoms with E-state index < -0.39 is 17.3 Å². The Morgan fingerprint density at radius 2 is 1.26 bits per heavy atom. The van der Waals surface area contributed by atoms with Crippen molar-refractivity contribution in [1.29, 1.82) is 0 Å². The van der Waals surface area contributed by atoms with Crippen molar-refractivity contribution in [3.63, 3.8) is 0 Å². The minimum Gasteiger partial charge on any atom is -0.460 e. The van der Waals surface area contributed by atoms with Crippen molar-refractivity contribution in [2.45, 2.75) is 78.6 Å². The van der Waals surface area contributed by atoms with Gasteiger partial charge in [-0.15, -0.1) is 0 Å². The highest BCUT2D eigenvalue weighted by Crippen LogP contribution is 2.29. The van der Waals surface area contributed by atoms with Crippen molar-refractivity contribution in [2.24, 2.45) is 5.92 Å². The lowest BCUT2D eigenvalue weighted by Crippen LogP contribution is -2.33. The molecule has 0 unspecified atom stereocenters. The summed E-state index contributed by atoms with van der Waals surface area (Å²) in [5.74, 6) is -0.904. The number of ether oxygens (including phenoxy) is 2. The number of nitrogens with one attached hydrogen (secondary N) is 2. The molecule has 1 amide bonds. The van der Waals surface area contributed by atoms with Crippen molar-refractivity contribution in [3.05, 3.63) is 83.9 Å². The lowest BCUT2D eigenvalue weighted by atomic mass is 9.95. The van der Waals surface area contributed by atoms with Crippen LogP contribution in [0.3, 0.4) is 0 Å². The topological polar surface area (TPSA) is 76.7 Å². The van der Waals surface area contributed by atoms with Crippen LogP contribution in [0.1, 0.15) is 66.4 Å². The van der Waals surface area contributed by atoms with Crippen LogP contribution in [0.15, 0.2) is 66.7 Å². The minimum atomic E-state index is -0.578. The average molecular weight is 595 g/mol. The Kier molecular flexibility index (Phi) is 11.8. The van der Waals surface area contributed by atoms with Crippen LogP contribution in [0.4, 0.5) is 13.6 Å². The number of alkyl carbamates (subject to hydrolysis) is 1. The zero-order chi connectivity index (χ0) is 31.6. The van der Waals surface area contributed by atoms with Crippen molar-refractivity contribution in [1.82, 2.24) is 10.6 Å². The highest BCUT2D eigenvalue weighted by Gasteiger charge is 2.21. The quantitative estimate of drug-likeness (QED) is 0.164. The molecule has 2 N–H and O–H groups in total. The van der Waals surface area contributed by atoms with Gasteiger partial charge in [-0.25, -0.2) is 13.6 Å². The van der Waals surface area contributed by atoms with E-state index in [9.17, 15) is 18.4 Å². The van der Waals surface area contributed by atoms with Crippen molar-refractivity contribution in [3.8, 4) is 22.3 Å². The predicted octanol–water partition coefficient (Wildman–Crippen LogP) is 8.04. The SMILES string of the molecule is CC(C)(C)OC(=O)C[C@@H](CCCNC(=O)OC(C)(C)C)CNCc1cc(-c2ccc(F)cc2)cc(-c2ccc(F)cc2)c1. The number of benzene rings is 3. The summed E-state index contributed by atoms with van der Waals surface area (Å²) in [7, 11) is 0. The summed E-state index contributed by atoms with van der Waals surface area (Å²) in [4.78, 5) is 24.7. The number of hydrogen-bond donors (Lipinski definition) is 2. The molecule has 232 valence electrons. The van der Waals surface area contributed by atoms with Gasteiger partial charge in [-0.2, -0.15) is 0 Å². The van der Waals surface area contributed by atoms with Gasteiger partial charge in [0.15, 0.2) is 0 Å². The van der Waals surface area contributed by atoms with Gasteiger partial charge in [-0.1, -0.05) is 24.3 Å². The van der Waals surface area contributed by atoms with E-state index in [0.717, 1.165) is 27.8 Å². The summed E-state index contributed by atoms with van der Waals surface area (Å²) in [6.07, 6.45) is 1.14. The third-order valence-corrected chi connectivity index (χ3v) is 6.44. The summed E-state index contributed by atoms with van der Waals surface area (Å²) in [6, 6.07) is 18.7. The van der Waals surface area contributed by atoms with E-state index in [-0.39, 0.29) is 29.9 Å². The number of carbonyl (C=O) groups is 2. The molecule has 1 atom stereocenters. The van der Waals surface area contributed by atoms with E-state index in [1.807, 2.05) is 59.7 Å². The number of amides is 1. The molecular formula is C35H44F2N2O4. The van der Waals surface area contributed by atoms with Crippen LogP contribution in [0.25, 0.3) is 22.3 Å². The second kappa shape index (κ2) is 15.1. The summed E-state index contributed by atoms with van der Waals surface area (Å²) >= 11 is 0. The maximum atomic E-state index is 13.6. The molecule has 0 radical (unpaired) electrons. The zero-order valence-electron chi connectivity index (χ0n) is 26.1. The molecule has 3 aromatic rings. The van der Waals surface area contributed by atoms with Gasteiger partial charge in [0, 0.05) is 19.5 Å². The maximum absolute atomic E-state index is 13.6. The number of hydrogen-bond acceptors (Lipinski definition) is 5. The maximum Gasteiger partial charge on any atom is 0.407 e. The summed E-state index contributed by atoms with van der Waals surface area (Å²) in [5, 5.41) is 6.26. The Hall–Kier alpha value is -3.78. The highest BCUT2D eigenvalue weighted by atomic mass is 19.1. The lowest BCUT2D eigenvalue weighted by molar-refractivity contribution is -0.156. The first-order valence-electron chi connectivity index (χ1n) is 14.7. The van der Waals surface area contributed by atoms with Crippen molar-refractivity contribution < 1.29 is 27.8 Å². The average Bonchev–Trinajstić information content (AvgIpc) is 2.89. The Bertz CT molecular complexity index is 1280. The molecule has 6 nitrogen and oxygen atoms in total. The third kappa shape index (κ3) is 12.5. The predicted molar refractivity (Wildman–Crippen MR) is 166 cm³/mol. The monoisotopic (exact) mass is 594 g/mol. The molecule has 8 heteroatoms. The third-order valence-electron chi connectivity index (χ3n) is 6.44. The number of rotatable bonds is 12. The van der Waals surface area contributed by atoms with Gasteiger partial charge in [-0.05, 0) is 137 Å². The zero-order valence-corrected chi connectivity index (χ0v) is 26.1. The Balaban J connectivity index is 1.71. The molecular weight excluding hydrogens is 550 g/mol. The molecule has 0 aliphatic carbocycles. The first-order chi connectivity index (χ1) is 20.2. The van der Waals surface area contributed by atoms with E-state index in [2.05, 4.69) is 10.6 Å². The smallest absolute Gasteiger partial charge is 0.407 e. The van der Waals surface area contributed by atoms with Crippen LogP contribution >= 0.6 is 0 Å². The van der Waals surface area contributed by atoms with Crippen LogP contribution in [-0.4, -0.2) is 36.4 Å². The Morgan fingerprint density at radius 3 is 1.74 bits per heavy atom.